The third-order valence-corrected chi connectivity index (χ3v) is 4.81. The number of hydrogen-bond donors (Lipinski definition) is 1. The summed E-state index contributed by atoms with van der Waals surface area (Å²) in [5.74, 6) is -0.0742. The van der Waals surface area contributed by atoms with Gasteiger partial charge in [-0.2, -0.15) is 0 Å². The third kappa shape index (κ3) is 5.96. The van der Waals surface area contributed by atoms with Crippen molar-refractivity contribution in [1.82, 2.24) is 20.2 Å². The lowest BCUT2D eigenvalue weighted by atomic mass is 10.1. The second-order valence-corrected chi connectivity index (χ2v) is 6.96. The first-order valence-electron chi connectivity index (χ1n) is 9.65. The second kappa shape index (κ2) is 9.93. The van der Waals surface area contributed by atoms with Crippen molar-refractivity contribution in [2.24, 2.45) is 0 Å². The van der Waals surface area contributed by atoms with E-state index in [-0.39, 0.29) is 23.5 Å². The highest BCUT2D eigenvalue weighted by atomic mass is 19.1. The Morgan fingerprint density at radius 3 is 2.69 bits per heavy atom. The average molecular weight is 396 g/mol. The smallest absolute Gasteiger partial charge is 0.273 e. The average Bonchev–Trinajstić information content (AvgIpc) is 3.22. The van der Waals surface area contributed by atoms with E-state index < -0.39 is 0 Å². The Balaban J connectivity index is 1.62. The van der Waals surface area contributed by atoms with E-state index in [2.05, 4.69) is 34.0 Å². The minimum Gasteiger partial charge on any atom is -0.447 e. The molecule has 0 spiro atoms. The molecule has 1 N–H and O–H groups in total. The number of carbonyl (C=O) groups is 1. The number of amides is 1. The van der Waals surface area contributed by atoms with E-state index in [0.717, 1.165) is 17.5 Å². The Hall–Kier alpha value is -3.06. The molecule has 1 aromatic carbocycles. The van der Waals surface area contributed by atoms with Gasteiger partial charge in [0.1, 0.15) is 12.1 Å². The van der Waals surface area contributed by atoms with E-state index in [4.69, 9.17) is 4.42 Å². The minimum atomic E-state index is -0.294. The van der Waals surface area contributed by atoms with Crippen molar-refractivity contribution in [3.05, 3.63) is 83.6 Å². The lowest BCUT2D eigenvalue weighted by molar-refractivity contribution is 0.0945. The van der Waals surface area contributed by atoms with Gasteiger partial charge in [0, 0.05) is 31.5 Å². The van der Waals surface area contributed by atoms with Crippen LogP contribution in [-0.4, -0.2) is 26.8 Å². The number of aromatic nitrogens is 2. The third-order valence-electron chi connectivity index (χ3n) is 4.81. The molecule has 6 nitrogen and oxygen atoms in total. The monoisotopic (exact) mass is 396 g/mol. The van der Waals surface area contributed by atoms with Gasteiger partial charge in [0.05, 0.1) is 6.54 Å². The van der Waals surface area contributed by atoms with Gasteiger partial charge in [-0.25, -0.2) is 9.37 Å². The number of nitrogens with one attached hydrogen (secondary N) is 1. The lowest BCUT2D eigenvalue weighted by Gasteiger charge is -2.27. The number of hydrogen-bond acceptors (Lipinski definition) is 5. The SMILES string of the molecule is CCC(C)N(Cc1ccc(F)cc1)Cc1nc(C(=O)NCc2cccnc2)co1. The zero-order valence-electron chi connectivity index (χ0n) is 16.6. The van der Waals surface area contributed by atoms with Crippen LogP contribution in [0.15, 0.2) is 59.5 Å². The molecule has 3 aromatic rings. The molecule has 7 heteroatoms. The molecule has 3 rings (SSSR count). The van der Waals surface area contributed by atoms with Crippen LogP contribution < -0.4 is 5.32 Å². The first-order chi connectivity index (χ1) is 14.0. The van der Waals surface area contributed by atoms with E-state index >= 15 is 0 Å². The van der Waals surface area contributed by atoms with Gasteiger partial charge in [0.25, 0.3) is 5.91 Å². The predicted molar refractivity (Wildman–Crippen MR) is 107 cm³/mol. The fourth-order valence-corrected chi connectivity index (χ4v) is 2.89. The van der Waals surface area contributed by atoms with Gasteiger partial charge in [-0.1, -0.05) is 25.1 Å². The van der Waals surface area contributed by atoms with Crippen LogP contribution in [0.5, 0.6) is 0 Å². The molecule has 1 unspecified atom stereocenters. The normalized spacial score (nSPS) is 12.1. The van der Waals surface area contributed by atoms with Crippen LogP contribution in [-0.2, 0) is 19.6 Å². The number of halogens is 1. The second-order valence-electron chi connectivity index (χ2n) is 6.96. The number of rotatable bonds is 9. The van der Waals surface area contributed by atoms with Gasteiger partial charge >= 0.3 is 0 Å². The fourth-order valence-electron chi connectivity index (χ4n) is 2.89. The van der Waals surface area contributed by atoms with E-state index in [1.54, 1.807) is 24.5 Å². The molecule has 0 aliphatic carbocycles. The van der Waals surface area contributed by atoms with Crippen LogP contribution in [0, 0.1) is 5.82 Å². The van der Waals surface area contributed by atoms with E-state index in [1.165, 1.54) is 18.4 Å². The highest BCUT2D eigenvalue weighted by Gasteiger charge is 2.18. The Kier molecular flexibility index (Phi) is 7.08. The van der Waals surface area contributed by atoms with Crippen molar-refractivity contribution in [2.45, 2.75) is 45.9 Å². The summed E-state index contributed by atoms with van der Waals surface area (Å²) in [7, 11) is 0. The molecule has 1 atom stereocenters. The first kappa shape index (κ1) is 20.7. The number of pyridine rings is 1. The quantitative estimate of drug-likeness (QED) is 0.593. The largest absolute Gasteiger partial charge is 0.447 e. The molecule has 2 aromatic heterocycles. The summed E-state index contributed by atoms with van der Waals surface area (Å²) < 4.78 is 18.7. The Labute approximate surface area is 169 Å². The summed E-state index contributed by atoms with van der Waals surface area (Å²) in [6.07, 6.45) is 5.71. The van der Waals surface area contributed by atoms with E-state index in [9.17, 15) is 9.18 Å². The van der Waals surface area contributed by atoms with Crippen LogP contribution in [0.25, 0.3) is 0 Å². The molecule has 152 valence electrons. The maximum absolute atomic E-state index is 13.2. The van der Waals surface area contributed by atoms with Gasteiger partial charge in [-0.3, -0.25) is 14.7 Å². The first-order valence-corrected chi connectivity index (χ1v) is 9.65. The Bertz CT molecular complexity index is 912. The van der Waals surface area contributed by atoms with Gasteiger partial charge in [-0.05, 0) is 42.7 Å². The lowest BCUT2D eigenvalue weighted by Crippen LogP contribution is -2.31. The number of carbonyl (C=O) groups excluding carboxylic acids is 1. The van der Waals surface area contributed by atoms with Crippen LogP contribution in [0.2, 0.25) is 0 Å². The molecule has 0 fully saturated rings. The van der Waals surface area contributed by atoms with Crippen LogP contribution in [0.1, 0.15) is 47.8 Å². The van der Waals surface area contributed by atoms with Crippen molar-refractivity contribution >= 4 is 5.91 Å². The summed E-state index contributed by atoms with van der Waals surface area (Å²) in [6, 6.07) is 10.4. The molecule has 0 saturated carbocycles. The van der Waals surface area contributed by atoms with Crippen LogP contribution in [0.4, 0.5) is 4.39 Å². The maximum atomic E-state index is 13.2. The van der Waals surface area contributed by atoms with E-state index in [0.29, 0.717) is 25.5 Å². The Morgan fingerprint density at radius 1 is 1.21 bits per heavy atom. The molecule has 0 radical (unpaired) electrons. The Morgan fingerprint density at radius 2 is 2.00 bits per heavy atom. The molecule has 0 aliphatic rings. The highest BCUT2D eigenvalue weighted by Crippen LogP contribution is 2.16. The fraction of sp³-hybridized carbons (Fsp3) is 0.318. The van der Waals surface area contributed by atoms with Gasteiger partial charge in [0.2, 0.25) is 5.89 Å². The standard InChI is InChI=1S/C22H25FN4O2/c1-3-16(2)27(13-17-6-8-19(23)9-7-17)14-21-26-20(15-29-21)22(28)25-12-18-5-4-10-24-11-18/h4-11,15-16H,3,12-14H2,1-2H3,(H,25,28). The van der Waals surface area contributed by atoms with Crippen molar-refractivity contribution in [3.63, 3.8) is 0 Å². The summed E-state index contributed by atoms with van der Waals surface area (Å²) in [5.41, 5.74) is 2.16. The van der Waals surface area contributed by atoms with Crippen molar-refractivity contribution < 1.29 is 13.6 Å². The van der Waals surface area contributed by atoms with Crippen molar-refractivity contribution in [1.29, 1.82) is 0 Å². The summed E-state index contributed by atoms with van der Waals surface area (Å²) in [5, 5.41) is 2.81. The van der Waals surface area contributed by atoms with E-state index in [1.807, 2.05) is 12.1 Å². The predicted octanol–water partition coefficient (Wildman–Crippen LogP) is 3.94. The van der Waals surface area contributed by atoms with Crippen molar-refractivity contribution in [2.75, 3.05) is 0 Å². The molecule has 0 saturated heterocycles. The topological polar surface area (TPSA) is 71.3 Å². The molecular formula is C22H25FN4O2. The van der Waals surface area contributed by atoms with Gasteiger partial charge < -0.3 is 9.73 Å². The summed E-state index contributed by atoms with van der Waals surface area (Å²) >= 11 is 0. The number of nitrogens with zero attached hydrogens (tertiary/aromatic N) is 3. The molecule has 2 heterocycles. The summed E-state index contributed by atoms with van der Waals surface area (Å²) in [6.45, 7) is 5.70. The van der Waals surface area contributed by atoms with Gasteiger partial charge in [-0.15, -0.1) is 0 Å². The molecule has 0 bridgehead atoms. The number of oxazole rings is 1. The van der Waals surface area contributed by atoms with Crippen LogP contribution >= 0.6 is 0 Å². The van der Waals surface area contributed by atoms with Gasteiger partial charge in [0.15, 0.2) is 5.69 Å². The number of benzene rings is 1. The van der Waals surface area contributed by atoms with Crippen molar-refractivity contribution in [3.8, 4) is 0 Å². The molecule has 1 amide bonds. The maximum Gasteiger partial charge on any atom is 0.273 e. The van der Waals surface area contributed by atoms with Crippen LogP contribution in [0.3, 0.4) is 0 Å². The highest BCUT2D eigenvalue weighted by molar-refractivity contribution is 5.91. The molecule has 29 heavy (non-hydrogen) atoms. The minimum absolute atomic E-state index is 0.245. The molecule has 0 aliphatic heterocycles. The summed E-state index contributed by atoms with van der Waals surface area (Å²) in [4.78, 5) is 22.9. The zero-order valence-corrected chi connectivity index (χ0v) is 16.6. The zero-order chi connectivity index (χ0) is 20.6. The molecular weight excluding hydrogens is 371 g/mol.